The second kappa shape index (κ2) is 6.07. The number of hydrogen-bond acceptors (Lipinski definition) is 2. The highest BCUT2D eigenvalue weighted by Gasteiger charge is 2.19. The number of thiocarbonyl (C=S) groups is 1. The van der Waals surface area contributed by atoms with Gasteiger partial charge in [-0.25, -0.2) is 4.39 Å². The summed E-state index contributed by atoms with van der Waals surface area (Å²) in [6, 6.07) is 4.02. The fraction of sp³-hybridized carbons (Fsp3) is 0.273. The van der Waals surface area contributed by atoms with Gasteiger partial charge in [0, 0.05) is 4.47 Å². The molecule has 1 aromatic carbocycles. The van der Waals surface area contributed by atoms with E-state index in [4.69, 9.17) is 18.0 Å². The summed E-state index contributed by atoms with van der Waals surface area (Å²) in [7, 11) is 0. The highest BCUT2D eigenvalue weighted by atomic mass is 79.9. The maximum absolute atomic E-state index is 12.9. The van der Waals surface area contributed by atoms with Crippen molar-refractivity contribution in [3.63, 3.8) is 0 Å². The number of nitrogens with two attached hydrogens (primary N) is 1. The van der Waals surface area contributed by atoms with Gasteiger partial charge in [-0.2, -0.15) is 0 Å². The van der Waals surface area contributed by atoms with Crippen molar-refractivity contribution in [1.29, 1.82) is 0 Å². The van der Waals surface area contributed by atoms with Crippen molar-refractivity contribution in [2.75, 3.05) is 5.32 Å². The Kier molecular flexibility index (Phi) is 5.02. The number of rotatable bonds is 4. The van der Waals surface area contributed by atoms with Crippen LogP contribution in [0.4, 0.5) is 10.1 Å². The maximum atomic E-state index is 12.9. The number of anilines is 1. The van der Waals surface area contributed by atoms with Crippen LogP contribution in [0.25, 0.3) is 0 Å². The molecule has 0 fully saturated rings. The van der Waals surface area contributed by atoms with Crippen molar-refractivity contribution < 1.29 is 9.18 Å². The van der Waals surface area contributed by atoms with Gasteiger partial charge in [-0.1, -0.05) is 19.1 Å². The molecular weight excluding hydrogens is 307 g/mol. The van der Waals surface area contributed by atoms with E-state index in [0.717, 1.165) is 0 Å². The third-order valence-electron chi connectivity index (χ3n) is 2.26. The molecule has 1 aromatic rings. The van der Waals surface area contributed by atoms with Gasteiger partial charge < -0.3 is 11.1 Å². The second-order valence-electron chi connectivity index (χ2n) is 3.48. The van der Waals surface area contributed by atoms with Crippen molar-refractivity contribution in [2.45, 2.75) is 13.3 Å². The molecule has 0 saturated heterocycles. The SMILES string of the molecule is CCC(C(=O)Nc1ccc(F)cc1Br)C(N)=S. The van der Waals surface area contributed by atoms with Gasteiger partial charge in [0.05, 0.1) is 16.6 Å². The molecule has 17 heavy (non-hydrogen) atoms. The smallest absolute Gasteiger partial charge is 0.234 e. The number of carbonyl (C=O) groups excluding carboxylic acids is 1. The van der Waals surface area contributed by atoms with Crippen LogP contribution in [0.15, 0.2) is 22.7 Å². The van der Waals surface area contributed by atoms with Gasteiger partial charge in [-0.05, 0) is 40.5 Å². The van der Waals surface area contributed by atoms with E-state index in [1.165, 1.54) is 18.2 Å². The minimum atomic E-state index is -0.512. The fourth-order valence-corrected chi connectivity index (χ4v) is 2.05. The van der Waals surface area contributed by atoms with Gasteiger partial charge in [0.1, 0.15) is 5.82 Å². The van der Waals surface area contributed by atoms with E-state index in [-0.39, 0.29) is 16.7 Å². The average molecular weight is 319 g/mol. The Labute approximate surface area is 113 Å². The van der Waals surface area contributed by atoms with Crippen LogP contribution < -0.4 is 11.1 Å². The van der Waals surface area contributed by atoms with Crippen LogP contribution in [0.5, 0.6) is 0 Å². The van der Waals surface area contributed by atoms with Crippen LogP contribution in [0.1, 0.15) is 13.3 Å². The first-order valence-corrected chi connectivity index (χ1v) is 6.21. The third-order valence-corrected chi connectivity index (χ3v) is 3.20. The molecule has 0 aliphatic carbocycles. The van der Waals surface area contributed by atoms with Crippen molar-refractivity contribution >= 4 is 44.7 Å². The van der Waals surface area contributed by atoms with E-state index in [9.17, 15) is 9.18 Å². The zero-order valence-corrected chi connectivity index (χ0v) is 11.6. The van der Waals surface area contributed by atoms with E-state index in [0.29, 0.717) is 16.6 Å². The summed E-state index contributed by atoms with van der Waals surface area (Å²) in [5.74, 6) is -1.18. The Hall–Kier alpha value is -1.01. The van der Waals surface area contributed by atoms with Crippen LogP contribution in [-0.4, -0.2) is 10.9 Å². The lowest BCUT2D eigenvalue weighted by molar-refractivity contribution is -0.118. The van der Waals surface area contributed by atoms with Crippen LogP contribution in [0.3, 0.4) is 0 Å². The van der Waals surface area contributed by atoms with E-state index in [2.05, 4.69) is 21.2 Å². The summed E-state index contributed by atoms with van der Waals surface area (Å²) < 4.78 is 13.3. The highest BCUT2D eigenvalue weighted by Crippen LogP contribution is 2.23. The van der Waals surface area contributed by atoms with Crippen LogP contribution in [0.2, 0.25) is 0 Å². The molecule has 0 aliphatic heterocycles. The summed E-state index contributed by atoms with van der Waals surface area (Å²) in [4.78, 5) is 12.0. The molecule has 0 saturated carbocycles. The van der Waals surface area contributed by atoms with Gasteiger partial charge in [0.15, 0.2) is 0 Å². The lowest BCUT2D eigenvalue weighted by Gasteiger charge is -2.14. The molecule has 0 heterocycles. The molecule has 3 N–H and O–H groups in total. The van der Waals surface area contributed by atoms with Gasteiger partial charge in [-0.3, -0.25) is 4.79 Å². The fourth-order valence-electron chi connectivity index (χ4n) is 1.33. The highest BCUT2D eigenvalue weighted by molar-refractivity contribution is 9.10. The minimum Gasteiger partial charge on any atom is -0.393 e. The van der Waals surface area contributed by atoms with Crippen LogP contribution in [-0.2, 0) is 4.79 Å². The summed E-state index contributed by atoms with van der Waals surface area (Å²) in [5, 5.41) is 2.65. The average Bonchev–Trinajstić information content (AvgIpc) is 2.22. The molecule has 1 unspecified atom stereocenters. The van der Waals surface area contributed by atoms with E-state index in [1.54, 1.807) is 0 Å². The van der Waals surface area contributed by atoms with E-state index in [1.807, 2.05) is 6.92 Å². The first-order valence-electron chi connectivity index (χ1n) is 5.01. The first kappa shape index (κ1) is 14.1. The Balaban J connectivity index is 2.84. The zero-order chi connectivity index (χ0) is 13.0. The Morgan fingerprint density at radius 3 is 2.76 bits per heavy atom. The summed E-state index contributed by atoms with van der Waals surface area (Å²) >= 11 is 7.97. The molecule has 3 nitrogen and oxygen atoms in total. The van der Waals surface area contributed by atoms with Gasteiger partial charge >= 0.3 is 0 Å². The van der Waals surface area contributed by atoms with Crippen LogP contribution in [0, 0.1) is 11.7 Å². The van der Waals surface area contributed by atoms with Crippen LogP contribution >= 0.6 is 28.1 Å². The Morgan fingerprint density at radius 2 is 2.29 bits per heavy atom. The molecule has 0 aromatic heterocycles. The predicted molar refractivity (Wildman–Crippen MR) is 73.3 cm³/mol. The molecule has 1 atom stereocenters. The molecule has 1 rings (SSSR count). The zero-order valence-electron chi connectivity index (χ0n) is 9.17. The quantitative estimate of drug-likeness (QED) is 0.839. The number of carbonyl (C=O) groups is 1. The summed E-state index contributed by atoms with van der Waals surface area (Å²) in [6.07, 6.45) is 0.528. The number of benzene rings is 1. The van der Waals surface area contributed by atoms with E-state index < -0.39 is 5.92 Å². The second-order valence-corrected chi connectivity index (χ2v) is 4.80. The van der Waals surface area contributed by atoms with Gasteiger partial charge in [-0.15, -0.1) is 0 Å². The molecule has 0 aliphatic rings. The standard InChI is InChI=1S/C11H12BrFN2OS/c1-2-7(10(14)17)11(16)15-9-4-3-6(13)5-8(9)12/h3-5,7H,2H2,1H3,(H2,14,17)(H,15,16). The number of nitrogens with one attached hydrogen (secondary N) is 1. The third kappa shape index (κ3) is 3.74. The number of halogens is 2. The lowest BCUT2D eigenvalue weighted by Crippen LogP contribution is -2.32. The topological polar surface area (TPSA) is 55.1 Å². The molecule has 0 bridgehead atoms. The Morgan fingerprint density at radius 1 is 1.65 bits per heavy atom. The van der Waals surface area contributed by atoms with Crippen molar-refractivity contribution in [3.8, 4) is 0 Å². The van der Waals surface area contributed by atoms with Crippen molar-refractivity contribution in [1.82, 2.24) is 0 Å². The van der Waals surface area contributed by atoms with Crippen molar-refractivity contribution in [3.05, 3.63) is 28.5 Å². The minimum absolute atomic E-state index is 0.156. The first-order chi connectivity index (χ1) is 7.95. The molecular formula is C11H12BrFN2OS. The number of amides is 1. The molecule has 0 radical (unpaired) electrons. The summed E-state index contributed by atoms with van der Waals surface area (Å²) in [6.45, 7) is 1.82. The largest absolute Gasteiger partial charge is 0.393 e. The maximum Gasteiger partial charge on any atom is 0.234 e. The molecule has 0 spiro atoms. The monoisotopic (exact) mass is 318 g/mol. The summed E-state index contributed by atoms with van der Waals surface area (Å²) in [5.41, 5.74) is 5.95. The number of hydrogen-bond donors (Lipinski definition) is 2. The molecule has 92 valence electrons. The molecule has 6 heteroatoms. The Bertz CT molecular complexity index is 453. The normalized spacial score (nSPS) is 11.9. The van der Waals surface area contributed by atoms with Gasteiger partial charge in [0.2, 0.25) is 5.91 Å². The lowest BCUT2D eigenvalue weighted by atomic mass is 10.1. The van der Waals surface area contributed by atoms with E-state index >= 15 is 0 Å². The van der Waals surface area contributed by atoms with Crippen molar-refractivity contribution in [2.24, 2.45) is 11.7 Å². The molecule has 1 amide bonds. The van der Waals surface area contributed by atoms with Gasteiger partial charge in [0.25, 0.3) is 0 Å². The predicted octanol–water partition coefficient (Wildman–Crippen LogP) is 2.84.